The van der Waals surface area contributed by atoms with Crippen molar-refractivity contribution in [2.24, 2.45) is 23.2 Å². The molecule has 1 unspecified atom stereocenters. The number of aliphatic hydroxyl groups excluding tert-OH is 2. The number of aliphatic carboxylic acids is 1. The number of aliphatic hydroxyl groups is 2. The fraction of sp³-hybridized carbons (Fsp3) is 0.825. The van der Waals surface area contributed by atoms with Gasteiger partial charge in [0.15, 0.2) is 0 Å². The molecule has 3 N–H and O–H groups in total. The van der Waals surface area contributed by atoms with E-state index in [4.69, 9.17) is 11.6 Å². The minimum atomic E-state index is -0.837. The van der Waals surface area contributed by atoms with Crippen LogP contribution in [0.15, 0.2) is 24.3 Å². The number of hydrogen-bond acceptors (Lipinski definition) is 3. The number of allylic oxidation sites excluding steroid dienone is 2. The maximum atomic E-state index is 11.7. The molecule has 2 aliphatic carbocycles. The molecule has 0 spiro atoms. The maximum absolute atomic E-state index is 11.7. The van der Waals surface area contributed by atoms with Gasteiger partial charge in [-0.25, -0.2) is 0 Å². The van der Waals surface area contributed by atoms with Crippen LogP contribution in [-0.4, -0.2) is 38.9 Å². The van der Waals surface area contributed by atoms with Gasteiger partial charge in [-0.15, -0.1) is 17.5 Å². The van der Waals surface area contributed by atoms with E-state index in [1.807, 2.05) is 6.08 Å². The van der Waals surface area contributed by atoms with Gasteiger partial charge in [-0.2, -0.15) is 0 Å². The highest BCUT2D eigenvalue weighted by Crippen LogP contribution is 2.48. The average molecular weight is 647 g/mol. The van der Waals surface area contributed by atoms with E-state index < -0.39 is 18.0 Å². The third-order valence-electron chi connectivity index (χ3n) is 10.8. The fourth-order valence-corrected chi connectivity index (χ4v) is 7.78. The zero-order chi connectivity index (χ0) is 32.8. The molecule has 0 heterocycles. The number of halogens is 1. The standard InChI is InChI=1S/C40H67ClO4/c1-3-5-6-7-8-9-10-11-12-13-14-15-16-17-18-20-25-33(39(44)45)26-21-19-22-27-34-35(37(42)32-36(34)41)28-23-29-38(43)40(4-2)30-24-31-40/h19,22-23,28,33-38,42-43H,3-18,21,24,26-27,29-32H2,1-2H3,(H,44,45)/b22-19-,28-23+/t33?,34-,35-,36-,37-,38+/m1/s1. The number of carboxylic acid groups (broad SMARTS) is 1. The molecule has 0 aromatic rings. The molecule has 2 fully saturated rings. The highest BCUT2D eigenvalue weighted by Gasteiger charge is 2.42. The van der Waals surface area contributed by atoms with E-state index in [-0.39, 0.29) is 28.7 Å². The predicted molar refractivity (Wildman–Crippen MR) is 190 cm³/mol. The molecule has 0 aliphatic heterocycles. The van der Waals surface area contributed by atoms with Gasteiger partial charge in [0.05, 0.1) is 12.2 Å². The van der Waals surface area contributed by atoms with Crippen LogP contribution >= 0.6 is 11.6 Å². The molecule has 0 amide bonds. The first-order valence-corrected chi connectivity index (χ1v) is 19.3. The summed E-state index contributed by atoms with van der Waals surface area (Å²) < 4.78 is 0. The van der Waals surface area contributed by atoms with Crippen LogP contribution in [0, 0.1) is 35.0 Å². The maximum Gasteiger partial charge on any atom is 0.318 e. The van der Waals surface area contributed by atoms with Crippen molar-refractivity contribution in [3.63, 3.8) is 0 Å². The molecule has 2 aliphatic rings. The van der Waals surface area contributed by atoms with Crippen molar-refractivity contribution in [3.05, 3.63) is 24.3 Å². The summed E-state index contributed by atoms with van der Waals surface area (Å²) in [5.41, 5.74) is 0.0833. The molecule has 2 saturated carbocycles. The van der Waals surface area contributed by atoms with Crippen molar-refractivity contribution >= 4 is 17.6 Å². The Balaban J connectivity index is 1.58. The highest BCUT2D eigenvalue weighted by atomic mass is 35.5. The third-order valence-corrected chi connectivity index (χ3v) is 11.3. The Morgan fingerprint density at radius 2 is 1.51 bits per heavy atom. The van der Waals surface area contributed by atoms with Crippen LogP contribution < -0.4 is 0 Å². The molecule has 0 aromatic heterocycles. The molecule has 0 aromatic carbocycles. The Morgan fingerprint density at radius 1 is 0.911 bits per heavy atom. The van der Waals surface area contributed by atoms with Gasteiger partial charge in [0.1, 0.15) is 5.92 Å². The number of hydrogen-bond donors (Lipinski definition) is 3. The van der Waals surface area contributed by atoms with Crippen molar-refractivity contribution in [1.29, 1.82) is 0 Å². The van der Waals surface area contributed by atoms with Crippen LogP contribution in [0.3, 0.4) is 0 Å². The van der Waals surface area contributed by atoms with Crippen molar-refractivity contribution < 1.29 is 20.1 Å². The quantitative estimate of drug-likeness (QED) is 0.0399. The summed E-state index contributed by atoms with van der Waals surface area (Å²) in [7, 11) is 0. The first-order valence-electron chi connectivity index (χ1n) is 18.9. The Bertz CT molecular complexity index is 892. The lowest BCUT2D eigenvalue weighted by molar-refractivity contribution is -0.139. The Hall–Kier alpha value is -1.28. The molecule has 4 nitrogen and oxygen atoms in total. The van der Waals surface area contributed by atoms with Crippen LogP contribution in [0.5, 0.6) is 0 Å². The SMILES string of the molecule is CCCCCCCCCCCCCCCCC#CC(CC/C=C\C[C@@H]1[C@@H](/C=C/C[C@H](O)C2(CC)CCC2)[C@H](O)C[C@H]1Cl)C(=O)O. The van der Waals surface area contributed by atoms with E-state index in [0.717, 1.165) is 38.5 Å². The van der Waals surface area contributed by atoms with E-state index >= 15 is 0 Å². The lowest BCUT2D eigenvalue weighted by atomic mass is 9.63. The largest absolute Gasteiger partial charge is 0.480 e. The van der Waals surface area contributed by atoms with Crippen LogP contribution in [0.4, 0.5) is 0 Å². The van der Waals surface area contributed by atoms with Gasteiger partial charge in [-0.3, -0.25) is 4.79 Å². The average Bonchev–Trinajstić information content (AvgIpc) is 3.26. The molecule has 45 heavy (non-hydrogen) atoms. The van der Waals surface area contributed by atoms with Gasteiger partial charge >= 0.3 is 5.97 Å². The summed E-state index contributed by atoms with van der Waals surface area (Å²) in [6, 6.07) is 0. The van der Waals surface area contributed by atoms with Crippen molar-refractivity contribution in [3.8, 4) is 11.8 Å². The van der Waals surface area contributed by atoms with E-state index in [0.29, 0.717) is 25.7 Å². The van der Waals surface area contributed by atoms with Gasteiger partial charge in [0, 0.05) is 17.7 Å². The second-order valence-electron chi connectivity index (χ2n) is 14.2. The minimum absolute atomic E-state index is 0.0177. The molecule has 0 radical (unpaired) electrons. The molecule has 2 rings (SSSR count). The van der Waals surface area contributed by atoms with Gasteiger partial charge in [0.25, 0.3) is 0 Å². The van der Waals surface area contributed by atoms with E-state index in [1.54, 1.807) is 0 Å². The summed E-state index contributed by atoms with van der Waals surface area (Å²) in [4.78, 5) is 11.7. The molecule has 258 valence electrons. The lowest BCUT2D eigenvalue weighted by Crippen LogP contribution is -2.40. The van der Waals surface area contributed by atoms with Gasteiger partial charge in [0.2, 0.25) is 0 Å². The molecule has 5 heteroatoms. The first-order chi connectivity index (χ1) is 21.8. The summed E-state index contributed by atoms with van der Waals surface area (Å²) in [6.07, 6.45) is 34.4. The summed E-state index contributed by atoms with van der Waals surface area (Å²) in [5.74, 6) is 4.79. The second kappa shape index (κ2) is 23.9. The molecular weight excluding hydrogens is 580 g/mol. The topological polar surface area (TPSA) is 77.8 Å². The summed E-state index contributed by atoms with van der Waals surface area (Å²) >= 11 is 6.63. The van der Waals surface area contributed by atoms with Crippen LogP contribution in [-0.2, 0) is 4.79 Å². The van der Waals surface area contributed by atoms with Crippen molar-refractivity contribution in [1.82, 2.24) is 0 Å². The Kier molecular flexibility index (Phi) is 21.2. The van der Waals surface area contributed by atoms with Crippen molar-refractivity contribution in [2.45, 2.75) is 186 Å². The van der Waals surface area contributed by atoms with E-state index in [2.05, 4.69) is 43.9 Å². The highest BCUT2D eigenvalue weighted by molar-refractivity contribution is 6.21. The zero-order valence-electron chi connectivity index (χ0n) is 28.9. The number of rotatable bonds is 25. The first kappa shape index (κ1) is 39.9. The Morgan fingerprint density at radius 3 is 2.04 bits per heavy atom. The van der Waals surface area contributed by atoms with Gasteiger partial charge in [-0.1, -0.05) is 134 Å². The minimum Gasteiger partial charge on any atom is -0.480 e. The third kappa shape index (κ3) is 15.4. The van der Waals surface area contributed by atoms with Crippen LogP contribution in [0.25, 0.3) is 0 Å². The number of carboxylic acids is 1. The van der Waals surface area contributed by atoms with Crippen molar-refractivity contribution in [2.75, 3.05) is 0 Å². The molecule has 0 saturated heterocycles. The second-order valence-corrected chi connectivity index (χ2v) is 14.7. The van der Waals surface area contributed by atoms with Gasteiger partial charge < -0.3 is 15.3 Å². The number of carbonyl (C=O) groups is 1. The zero-order valence-corrected chi connectivity index (χ0v) is 29.6. The van der Waals surface area contributed by atoms with E-state index in [9.17, 15) is 20.1 Å². The van der Waals surface area contributed by atoms with Crippen LogP contribution in [0.1, 0.15) is 168 Å². The lowest BCUT2D eigenvalue weighted by Gasteiger charge is -2.45. The Labute approximate surface area is 281 Å². The predicted octanol–water partition coefficient (Wildman–Crippen LogP) is 10.8. The molecule has 0 bridgehead atoms. The smallest absolute Gasteiger partial charge is 0.318 e. The normalized spacial score (nSPS) is 24.0. The molecular formula is C40H67ClO4. The van der Waals surface area contributed by atoms with E-state index in [1.165, 1.54) is 89.9 Å². The summed E-state index contributed by atoms with van der Waals surface area (Å²) in [6.45, 7) is 4.44. The number of unbranched alkanes of at least 4 members (excludes halogenated alkanes) is 14. The monoisotopic (exact) mass is 646 g/mol. The van der Waals surface area contributed by atoms with Gasteiger partial charge in [-0.05, 0) is 69.1 Å². The number of alkyl halides is 1. The molecule has 6 atom stereocenters. The summed E-state index contributed by atoms with van der Waals surface area (Å²) in [5, 5.41) is 30.9. The van der Waals surface area contributed by atoms with Crippen LogP contribution in [0.2, 0.25) is 0 Å². The fourth-order valence-electron chi connectivity index (χ4n) is 7.33.